The Morgan fingerprint density at radius 1 is 1.32 bits per heavy atom. The molecule has 0 unspecified atom stereocenters. The summed E-state index contributed by atoms with van der Waals surface area (Å²) in [4.78, 5) is 26.3. The van der Waals surface area contributed by atoms with Crippen LogP contribution in [0.4, 0.5) is 11.4 Å². The summed E-state index contributed by atoms with van der Waals surface area (Å²) in [5.74, 6) is -0.214. The highest BCUT2D eigenvalue weighted by Gasteiger charge is 2.26. The van der Waals surface area contributed by atoms with Crippen LogP contribution in [0.25, 0.3) is 0 Å². The van der Waals surface area contributed by atoms with Crippen LogP contribution in [0, 0.1) is 10.1 Å². The molecule has 22 heavy (non-hydrogen) atoms. The molecule has 0 aromatic heterocycles. The number of esters is 1. The van der Waals surface area contributed by atoms with Gasteiger partial charge >= 0.3 is 5.97 Å². The summed E-state index contributed by atoms with van der Waals surface area (Å²) in [6, 6.07) is 6.92. The molecule has 0 N–H and O–H groups in total. The minimum Gasteiger partial charge on any atom is -0.469 e. The molecule has 1 saturated heterocycles. The lowest BCUT2D eigenvalue weighted by Gasteiger charge is -2.38. The molecule has 0 bridgehead atoms. The van der Waals surface area contributed by atoms with Crippen LogP contribution in [0.5, 0.6) is 0 Å². The van der Waals surface area contributed by atoms with Gasteiger partial charge in [0.25, 0.3) is 5.69 Å². The van der Waals surface area contributed by atoms with Crippen LogP contribution in [-0.4, -0.2) is 55.1 Å². The molecule has 0 aliphatic carbocycles. The SMILES string of the molecule is COC(=O)C[C@@H](C)N1CCN(c2ccccc2[N+](=O)[O-])CC1. The van der Waals surface area contributed by atoms with Gasteiger partial charge in [0, 0.05) is 38.3 Å². The predicted octanol–water partition coefficient (Wildman–Crippen LogP) is 1.67. The maximum absolute atomic E-state index is 11.3. The molecule has 120 valence electrons. The quantitative estimate of drug-likeness (QED) is 0.468. The van der Waals surface area contributed by atoms with E-state index < -0.39 is 0 Å². The van der Waals surface area contributed by atoms with E-state index in [4.69, 9.17) is 4.74 Å². The molecule has 0 radical (unpaired) electrons. The molecule has 7 nitrogen and oxygen atoms in total. The average Bonchev–Trinajstić information content (AvgIpc) is 2.54. The third-order valence-electron chi connectivity index (χ3n) is 4.05. The molecule has 0 spiro atoms. The zero-order valence-electron chi connectivity index (χ0n) is 12.9. The summed E-state index contributed by atoms with van der Waals surface area (Å²) in [6.45, 7) is 4.94. The van der Waals surface area contributed by atoms with Gasteiger partial charge < -0.3 is 9.64 Å². The van der Waals surface area contributed by atoms with Crippen LogP contribution >= 0.6 is 0 Å². The van der Waals surface area contributed by atoms with Gasteiger partial charge in [0.05, 0.1) is 18.5 Å². The van der Waals surface area contributed by atoms with Crippen molar-refractivity contribution in [2.24, 2.45) is 0 Å². The monoisotopic (exact) mass is 307 g/mol. The largest absolute Gasteiger partial charge is 0.469 e. The number of nitro benzene ring substituents is 1. The molecule has 0 saturated carbocycles. The standard InChI is InChI=1S/C15H21N3O4/c1-12(11-15(19)22-2)16-7-9-17(10-8-16)13-5-3-4-6-14(13)18(20)21/h3-6,12H,7-11H2,1-2H3/t12-/m1/s1. The summed E-state index contributed by atoms with van der Waals surface area (Å²) in [6.07, 6.45) is 0.363. The Morgan fingerprint density at radius 3 is 2.55 bits per heavy atom. The minimum atomic E-state index is -0.346. The number of hydrogen-bond acceptors (Lipinski definition) is 6. The van der Waals surface area contributed by atoms with Crippen LogP contribution in [0.3, 0.4) is 0 Å². The molecule has 7 heteroatoms. The van der Waals surface area contributed by atoms with Gasteiger partial charge in [-0.3, -0.25) is 19.8 Å². The van der Waals surface area contributed by atoms with Crippen molar-refractivity contribution >= 4 is 17.3 Å². The van der Waals surface area contributed by atoms with E-state index in [1.54, 1.807) is 12.1 Å². The highest BCUT2D eigenvalue weighted by atomic mass is 16.6. The van der Waals surface area contributed by atoms with E-state index >= 15 is 0 Å². The summed E-state index contributed by atoms with van der Waals surface area (Å²) >= 11 is 0. The number of ether oxygens (including phenoxy) is 1. The van der Waals surface area contributed by atoms with Gasteiger partial charge in [-0.25, -0.2) is 0 Å². The first-order chi connectivity index (χ1) is 10.5. The van der Waals surface area contributed by atoms with E-state index in [0.717, 1.165) is 13.1 Å². The van der Waals surface area contributed by atoms with Gasteiger partial charge in [-0.05, 0) is 13.0 Å². The van der Waals surface area contributed by atoms with Crippen LogP contribution in [0.2, 0.25) is 0 Å². The van der Waals surface area contributed by atoms with Crippen molar-refractivity contribution in [1.29, 1.82) is 0 Å². The molecule has 1 aliphatic heterocycles. The molecular weight excluding hydrogens is 286 g/mol. The van der Waals surface area contributed by atoms with Gasteiger partial charge in [0.2, 0.25) is 0 Å². The Kier molecular flexibility index (Phi) is 5.32. The lowest BCUT2D eigenvalue weighted by Crippen LogP contribution is -2.50. The maximum atomic E-state index is 11.3. The van der Waals surface area contributed by atoms with Crippen molar-refractivity contribution in [3.63, 3.8) is 0 Å². The predicted molar refractivity (Wildman–Crippen MR) is 83.0 cm³/mol. The molecular formula is C15H21N3O4. The Balaban J connectivity index is 1.98. The van der Waals surface area contributed by atoms with Gasteiger partial charge in [-0.2, -0.15) is 0 Å². The first-order valence-corrected chi connectivity index (χ1v) is 7.32. The molecule has 1 aliphatic rings. The van der Waals surface area contributed by atoms with Gasteiger partial charge in [-0.1, -0.05) is 12.1 Å². The van der Waals surface area contributed by atoms with Gasteiger partial charge in [0.15, 0.2) is 0 Å². The Bertz CT molecular complexity index is 541. The van der Waals surface area contributed by atoms with Crippen molar-refractivity contribution < 1.29 is 14.5 Å². The average molecular weight is 307 g/mol. The Labute approximate surface area is 129 Å². The number of nitrogens with zero attached hydrogens (tertiary/aromatic N) is 3. The number of methoxy groups -OCH3 is 1. The smallest absolute Gasteiger partial charge is 0.307 e. The second-order valence-electron chi connectivity index (χ2n) is 5.40. The van der Waals surface area contributed by atoms with Crippen molar-refractivity contribution in [2.45, 2.75) is 19.4 Å². The topological polar surface area (TPSA) is 75.9 Å². The zero-order valence-corrected chi connectivity index (χ0v) is 12.9. The third-order valence-corrected chi connectivity index (χ3v) is 4.05. The first kappa shape index (κ1) is 16.2. The molecule has 1 atom stereocenters. The van der Waals surface area contributed by atoms with Crippen LogP contribution in [0.1, 0.15) is 13.3 Å². The number of anilines is 1. The van der Waals surface area contributed by atoms with Crippen molar-refractivity contribution in [1.82, 2.24) is 4.90 Å². The molecule has 1 aromatic carbocycles. The second kappa shape index (κ2) is 7.22. The van der Waals surface area contributed by atoms with Crippen molar-refractivity contribution in [3.8, 4) is 0 Å². The van der Waals surface area contributed by atoms with E-state index in [2.05, 4.69) is 4.90 Å². The number of benzene rings is 1. The highest BCUT2D eigenvalue weighted by molar-refractivity contribution is 5.69. The number of para-hydroxylation sites is 2. The summed E-state index contributed by atoms with van der Waals surface area (Å²) in [5.41, 5.74) is 0.798. The summed E-state index contributed by atoms with van der Waals surface area (Å²) < 4.78 is 4.69. The highest BCUT2D eigenvalue weighted by Crippen LogP contribution is 2.28. The Morgan fingerprint density at radius 2 is 1.95 bits per heavy atom. The van der Waals surface area contributed by atoms with E-state index in [1.165, 1.54) is 13.2 Å². The second-order valence-corrected chi connectivity index (χ2v) is 5.40. The van der Waals surface area contributed by atoms with E-state index in [0.29, 0.717) is 25.2 Å². The van der Waals surface area contributed by atoms with Crippen LogP contribution < -0.4 is 4.90 Å². The zero-order chi connectivity index (χ0) is 16.1. The normalized spacial score (nSPS) is 17.1. The van der Waals surface area contributed by atoms with Crippen LogP contribution in [-0.2, 0) is 9.53 Å². The number of nitro groups is 1. The molecule has 2 rings (SSSR count). The fourth-order valence-electron chi connectivity index (χ4n) is 2.74. The van der Waals surface area contributed by atoms with E-state index in [1.807, 2.05) is 17.9 Å². The lowest BCUT2D eigenvalue weighted by atomic mass is 10.1. The summed E-state index contributed by atoms with van der Waals surface area (Å²) in [5, 5.41) is 11.1. The Hall–Kier alpha value is -2.15. The number of piperazine rings is 1. The minimum absolute atomic E-state index is 0.111. The number of carbonyl (C=O) groups is 1. The van der Waals surface area contributed by atoms with Gasteiger partial charge in [-0.15, -0.1) is 0 Å². The summed E-state index contributed by atoms with van der Waals surface area (Å²) in [7, 11) is 1.39. The van der Waals surface area contributed by atoms with Gasteiger partial charge in [0.1, 0.15) is 5.69 Å². The van der Waals surface area contributed by atoms with E-state index in [9.17, 15) is 14.9 Å². The van der Waals surface area contributed by atoms with Crippen LogP contribution in [0.15, 0.2) is 24.3 Å². The molecule has 1 aromatic rings. The fraction of sp³-hybridized carbons (Fsp3) is 0.533. The maximum Gasteiger partial charge on any atom is 0.307 e. The fourth-order valence-corrected chi connectivity index (χ4v) is 2.74. The number of rotatable bonds is 5. The van der Waals surface area contributed by atoms with Crippen molar-refractivity contribution in [2.75, 3.05) is 38.2 Å². The molecule has 1 fully saturated rings. The lowest BCUT2D eigenvalue weighted by molar-refractivity contribution is -0.384. The molecule has 1 heterocycles. The molecule has 0 amide bonds. The first-order valence-electron chi connectivity index (χ1n) is 7.32. The number of carbonyl (C=O) groups excluding carboxylic acids is 1. The van der Waals surface area contributed by atoms with Crippen molar-refractivity contribution in [3.05, 3.63) is 34.4 Å². The van der Waals surface area contributed by atoms with E-state index in [-0.39, 0.29) is 22.6 Å². The third kappa shape index (κ3) is 3.73. The number of hydrogen-bond donors (Lipinski definition) is 0.